The Labute approximate surface area is 103 Å². The van der Waals surface area contributed by atoms with E-state index in [1.165, 1.54) is 0 Å². The van der Waals surface area contributed by atoms with Crippen molar-refractivity contribution in [3.8, 4) is 0 Å². The Morgan fingerprint density at radius 3 is 3.06 bits per heavy atom. The van der Waals surface area contributed by atoms with Gasteiger partial charge < -0.3 is 15.0 Å². The molecule has 0 saturated carbocycles. The summed E-state index contributed by atoms with van der Waals surface area (Å²) < 4.78 is 5.63. The Morgan fingerprint density at radius 2 is 2.29 bits per heavy atom. The Kier molecular flexibility index (Phi) is 3.84. The first-order valence-corrected chi connectivity index (χ1v) is 6.30. The zero-order valence-corrected chi connectivity index (χ0v) is 10.8. The Bertz CT molecular complexity index is 369. The molecule has 0 aliphatic carbocycles. The minimum atomic E-state index is 0.274. The topological polar surface area (TPSA) is 37.4 Å². The number of morpholine rings is 1. The van der Waals surface area contributed by atoms with Crippen molar-refractivity contribution >= 4 is 11.6 Å². The zero-order valence-electron chi connectivity index (χ0n) is 10.8. The quantitative estimate of drug-likeness (QED) is 0.871. The summed E-state index contributed by atoms with van der Waals surface area (Å²) in [5, 5.41) is 3.24. The van der Waals surface area contributed by atoms with E-state index in [1.54, 1.807) is 0 Å². The van der Waals surface area contributed by atoms with Gasteiger partial charge in [0.05, 0.1) is 18.8 Å². The number of pyridine rings is 1. The first-order chi connectivity index (χ1) is 8.20. The SMILES string of the molecule is CCNc1cccc(N2CC(C)OCC2C)n1. The molecule has 17 heavy (non-hydrogen) atoms. The van der Waals surface area contributed by atoms with Gasteiger partial charge in [-0.2, -0.15) is 0 Å². The summed E-state index contributed by atoms with van der Waals surface area (Å²) in [6, 6.07) is 6.50. The monoisotopic (exact) mass is 235 g/mol. The highest BCUT2D eigenvalue weighted by Crippen LogP contribution is 2.21. The van der Waals surface area contributed by atoms with Crippen LogP contribution >= 0.6 is 0 Å². The lowest BCUT2D eigenvalue weighted by Crippen LogP contribution is -2.47. The van der Waals surface area contributed by atoms with Gasteiger partial charge in [0.2, 0.25) is 0 Å². The van der Waals surface area contributed by atoms with E-state index < -0.39 is 0 Å². The smallest absolute Gasteiger partial charge is 0.131 e. The first kappa shape index (κ1) is 12.2. The summed E-state index contributed by atoms with van der Waals surface area (Å²) in [6.07, 6.45) is 0.274. The molecule has 1 aliphatic heterocycles. The van der Waals surface area contributed by atoms with Crippen molar-refractivity contribution in [2.45, 2.75) is 32.9 Å². The normalized spacial score (nSPS) is 24.8. The molecule has 2 atom stereocenters. The molecule has 0 spiro atoms. The summed E-state index contributed by atoms with van der Waals surface area (Å²) in [5.74, 6) is 1.97. The minimum Gasteiger partial charge on any atom is -0.375 e. The summed E-state index contributed by atoms with van der Waals surface area (Å²) >= 11 is 0. The zero-order chi connectivity index (χ0) is 12.3. The fourth-order valence-corrected chi connectivity index (χ4v) is 2.09. The molecular weight excluding hydrogens is 214 g/mol. The molecule has 1 aliphatic rings. The molecule has 94 valence electrons. The van der Waals surface area contributed by atoms with Gasteiger partial charge in [-0.05, 0) is 32.9 Å². The molecule has 1 fully saturated rings. The number of nitrogens with one attached hydrogen (secondary N) is 1. The lowest BCUT2D eigenvalue weighted by Gasteiger charge is -2.37. The van der Waals surface area contributed by atoms with E-state index in [2.05, 4.69) is 42.0 Å². The molecule has 0 aromatic carbocycles. The molecule has 1 aromatic heterocycles. The predicted molar refractivity (Wildman–Crippen MR) is 70.6 cm³/mol. The summed E-state index contributed by atoms with van der Waals surface area (Å²) in [5.41, 5.74) is 0. The van der Waals surface area contributed by atoms with Crippen molar-refractivity contribution in [3.63, 3.8) is 0 Å². The van der Waals surface area contributed by atoms with Crippen LogP contribution in [-0.2, 0) is 4.74 Å². The summed E-state index contributed by atoms with van der Waals surface area (Å²) in [7, 11) is 0. The second-order valence-corrected chi connectivity index (χ2v) is 4.56. The van der Waals surface area contributed by atoms with E-state index in [1.807, 2.05) is 12.1 Å². The highest BCUT2D eigenvalue weighted by atomic mass is 16.5. The molecule has 4 nitrogen and oxygen atoms in total. The van der Waals surface area contributed by atoms with Crippen LogP contribution in [0.5, 0.6) is 0 Å². The minimum absolute atomic E-state index is 0.274. The average Bonchev–Trinajstić information content (AvgIpc) is 2.33. The number of hydrogen-bond donors (Lipinski definition) is 1. The van der Waals surface area contributed by atoms with Gasteiger partial charge in [0, 0.05) is 13.1 Å². The van der Waals surface area contributed by atoms with E-state index in [9.17, 15) is 0 Å². The molecule has 1 N–H and O–H groups in total. The van der Waals surface area contributed by atoms with Gasteiger partial charge in [0.25, 0.3) is 0 Å². The second-order valence-electron chi connectivity index (χ2n) is 4.56. The molecule has 4 heteroatoms. The summed E-state index contributed by atoms with van der Waals surface area (Å²) in [6.45, 7) is 8.93. The van der Waals surface area contributed by atoms with Crippen LogP contribution in [0.4, 0.5) is 11.6 Å². The fourth-order valence-electron chi connectivity index (χ4n) is 2.09. The molecule has 2 unspecified atom stereocenters. The largest absolute Gasteiger partial charge is 0.375 e. The molecule has 0 radical (unpaired) electrons. The maximum absolute atomic E-state index is 5.63. The van der Waals surface area contributed by atoms with Crippen molar-refractivity contribution < 1.29 is 4.74 Å². The van der Waals surface area contributed by atoms with Crippen LogP contribution in [0, 0.1) is 0 Å². The number of anilines is 2. The van der Waals surface area contributed by atoms with E-state index >= 15 is 0 Å². The number of ether oxygens (including phenoxy) is 1. The van der Waals surface area contributed by atoms with Crippen LogP contribution in [-0.4, -0.2) is 36.8 Å². The van der Waals surface area contributed by atoms with E-state index in [0.717, 1.165) is 31.3 Å². The van der Waals surface area contributed by atoms with Crippen LogP contribution in [0.25, 0.3) is 0 Å². The number of hydrogen-bond acceptors (Lipinski definition) is 4. The van der Waals surface area contributed by atoms with Crippen molar-refractivity contribution in [2.24, 2.45) is 0 Å². The van der Waals surface area contributed by atoms with Crippen molar-refractivity contribution in [2.75, 3.05) is 29.9 Å². The Hall–Kier alpha value is -1.29. The maximum atomic E-state index is 5.63. The van der Waals surface area contributed by atoms with Crippen LogP contribution in [0.1, 0.15) is 20.8 Å². The van der Waals surface area contributed by atoms with Crippen LogP contribution in [0.3, 0.4) is 0 Å². The number of rotatable bonds is 3. The van der Waals surface area contributed by atoms with Gasteiger partial charge in [-0.15, -0.1) is 0 Å². The van der Waals surface area contributed by atoms with Gasteiger partial charge >= 0.3 is 0 Å². The standard InChI is InChI=1S/C13H21N3O/c1-4-14-12-6-5-7-13(15-12)16-8-11(3)17-9-10(16)2/h5-7,10-11H,4,8-9H2,1-3H3,(H,14,15). The molecule has 1 aromatic rings. The highest BCUT2D eigenvalue weighted by Gasteiger charge is 2.24. The fraction of sp³-hybridized carbons (Fsp3) is 0.615. The third kappa shape index (κ3) is 2.88. The van der Waals surface area contributed by atoms with Crippen LogP contribution in [0.15, 0.2) is 18.2 Å². The predicted octanol–water partition coefficient (Wildman–Crippen LogP) is 2.13. The number of aromatic nitrogens is 1. The molecule has 2 rings (SSSR count). The van der Waals surface area contributed by atoms with Crippen molar-refractivity contribution in [3.05, 3.63) is 18.2 Å². The average molecular weight is 235 g/mol. The second kappa shape index (κ2) is 5.36. The lowest BCUT2D eigenvalue weighted by molar-refractivity contribution is 0.0340. The summed E-state index contributed by atoms with van der Waals surface area (Å²) in [4.78, 5) is 6.94. The maximum Gasteiger partial charge on any atom is 0.131 e. The lowest BCUT2D eigenvalue weighted by atomic mass is 10.2. The third-order valence-corrected chi connectivity index (χ3v) is 2.99. The number of nitrogens with zero attached hydrogens (tertiary/aromatic N) is 2. The molecule has 1 saturated heterocycles. The Balaban J connectivity index is 2.16. The highest BCUT2D eigenvalue weighted by molar-refractivity contribution is 5.48. The molecule has 0 amide bonds. The van der Waals surface area contributed by atoms with Gasteiger partial charge in [-0.3, -0.25) is 0 Å². The van der Waals surface area contributed by atoms with Gasteiger partial charge in [-0.25, -0.2) is 4.98 Å². The van der Waals surface area contributed by atoms with Crippen molar-refractivity contribution in [1.82, 2.24) is 4.98 Å². The molecule has 0 bridgehead atoms. The first-order valence-electron chi connectivity index (χ1n) is 6.30. The van der Waals surface area contributed by atoms with Crippen LogP contribution in [0.2, 0.25) is 0 Å². The molecular formula is C13H21N3O. The van der Waals surface area contributed by atoms with Gasteiger partial charge in [-0.1, -0.05) is 6.07 Å². The van der Waals surface area contributed by atoms with Gasteiger partial charge in [0.1, 0.15) is 11.6 Å². The Morgan fingerprint density at radius 1 is 1.47 bits per heavy atom. The van der Waals surface area contributed by atoms with E-state index in [-0.39, 0.29) is 6.10 Å². The van der Waals surface area contributed by atoms with Crippen molar-refractivity contribution in [1.29, 1.82) is 0 Å². The third-order valence-electron chi connectivity index (χ3n) is 2.99. The van der Waals surface area contributed by atoms with Gasteiger partial charge in [0.15, 0.2) is 0 Å². The van der Waals surface area contributed by atoms with E-state index in [4.69, 9.17) is 4.74 Å². The molecule has 2 heterocycles. The van der Waals surface area contributed by atoms with Crippen LogP contribution < -0.4 is 10.2 Å². The van der Waals surface area contributed by atoms with E-state index in [0.29, 0.717) is 6.04 Å².